The van der Waals surface area contributed by atoms with Crippen molar-refractivity contribution in [1.29, 1.82) is 5.26 Å². The zero-order chi connectivity index (χ0) is 18.7. The van der Waals surface area contributed by atoms with Gasteiger partial charge in [0.25, 0.3) is 0 Å². The van der Waals surface area contributed by atoms with Crippen LogP contribution in [0.5, 0.6) is 5.75 Å². The molecular weight excluding hydrogens is 344 g/mol. The predicted octanol–water partition coefficient (Wildman–Crippen LogP) is 3.49. The normalized spacial score (nSPS) is 14.9. The summed E-state index contributed by atoms with van der Waals surface area (Å²) >= 11 is 5.55. The Kier molecular flexibility index (Phi) is 5.60. The van der Waals surface area contributed by atoms with Crippen molar-refractivity contribution in [2.45, 2.75) is 20.5 Å². The van der Waals surface area contributed by atoms with Crippen LogP contribution in [0.1, 0.15) is 16.8 Å². The lowest BCUT2D eigenvalue weighted by Gasteiger charge is -2.36. The highest BCUT2D eigenvalue weighted by Crippen LogP contribution is 2.21. The minimum atomic E-state index is 0.613. The number of hydrogen-bond acceptors (Lipinski definition) is 5. The number of methoxy groups -OCH3 is 1. The fourth-order valence-electron chi connectivity index (χ4n) is 3.38. The van der Waals surface area contributed by atoms with Crippen LogP contribution in [0.25, 0.3) is 0 Å². The molecule has 1 aromatic heterocycles. The summed E-state index contributed by atoms with van der Waals surface area (Å²) in [6.45, 7) is 8.59. The van der Waals surface area contributed by atoms with Crippen molar-refractivity contribution in [3.63, 3.8) is 0 Å². The molecule has 1 saturated heterocycles. The van der Waals surface area contributed by atoms with Crippen molar-refractivity contribution in [3.05, 3.63) is 51.8 Å². The third-order valence-corrected chi connectivity index (χ3v) is 5.39. The van der Waals surface area contributed by atoms with Crippen LogP contribution in [0.4, 0.5) is 5.69 Å². The molecule has 0 aliphatic carbocycles. The third-order valence-electron chi connectivity index (χ3n) is 4.97. The Labute approximate surface area is 160 Å². The monoisotopic (exact) mass is 368 g/mol. The van der Waals surface area contributed by atoms with E-state index in [1.807, 2.05) is 25.1 Å². The highest BCUT2D eigenvalue weighted by atomic mass is 32.1. The fraction of sp³-hybridized carbons (Fsp3) is 0.400. The Hall–Kier alpha value is -2.36. The minimum absolute atomic E-state index is 0.613. The maximum Gasteiger partial charge on any atom is 0.125 e. The number of benzene rings is 1. The molecule has 0 radical (unpaired) electrons. The van der Waals surface area contributed by atoms with E-state index < -0.39 is 0 Å². The van der Waals surface area contributed by atoms with E-state index in [0.29, 0.717) is 10.2 Å². The van der Waals surface area contributed by atoms with Gasteiger partial charge in [0, 0.05) is 37.6 Å². The number of rotatable bonds is 4. The van der Waals surface area contributed by atoms with Crippen LogP contribution in [0, 0.1) is 29.8 Å². The average Bonchev–Trinajstić information content (AvgIpc) is 2.66. The molecular formula is C20H24N4OS. The molecule has 0 saturated carbocycles. The maximum absolute atomic E-state index is 9.36. The van der Waals surface area contributed by atoms with Gasteiger partial charge in [-0.1, -0.05) is 12.2 Å². The number of nitrogens with zero attached hydrogens (tertiary/aromatic N) is 4. The molecule has 0 unspecified atom stereocenters. The highest BCUT2D eigenvalue weighted by molar-refractivity contribution is 7.71. The van der Waals surface area contributed by atoms with E-state index >= 15 is 0 Å². The predicted molar refractivity (Wildman–Crippen MR) is 106 cm³/mol. The second-order valence-electron chi connectivity index (χ2n) is 6.63. The van der Waals surface area contributed by atoms with Gasteiger partial charge in [-0.25, -0.2) is 0 Å². The lowest BCUT2D eigenvalue weighted by Crippen LogP contribution is -2.47. The summed E-state index contributed by atoms with van der Waals surface area (Å²) in [6, 6.07) is 12.5. The van der Waals surface area contributed by atoms with Crippen LogP contribution in [0.15, 0.2) is 30.3 Å². The van der Waals surface area contributed by atoms with Gasteiger partial charge in [0.2, 0.25) is 0 Å². The van der Waals surface area contributed by atoms with Crippen LogP contribution in [-0.2, 0) is 6.67 Å². The molecule has 1 aliphatic heterocycles. The topological polar surface area (TPSA) is 44.4 Å². The molecule has 2 heterocycles. The quantitative estimate of drug-likeness (QED) is 0.773. The molecule has 1 fully saturated rings. The standard InChI is InChI=1S/C20H24N4OS/c1-15-12-16(2)24(20(26)19(15)13-21)14-22-8-10-23(11-9-22)17-4-6-18(25-3)7-5-17/h4-7,12H,8-11,14H2,1-3H3. The molecule has 5 nitrogen and oxygen atoms in total. The molecule has 1 aliphatic rings. The highest BCUT2D eigenvalue weighted by Gasteiger charge is 2.18. The Morgan fingerprint density at radius 3 is 2.35 bits per heavy atom. The summed E-state index contributed by atoms with van der Waals surface area (Å²) in [7, 11) is 1.68. The van der Waals surface area contributed by atoms with Gasteiger partial charge in [0.1, 0.15) is 16.5 Å². The van der Waals surface area contributed by atoms with Crippen LogP contribution >= 0.6 is 12.2 Å². The minimum Gasteiger partial charge on any atom is -0.497 e. The smallest absolute Gasteiger partial charge is 0.125 e. The lowest BCUT2D eigenvalue weighted by atomic mass is 10.1. The summed E-state index contributed by atoms with van der Waals surface area (Å²) in [4.78, 5) is 4.78. The van der Waals surface area contributed by atoms with E-state index in [4.69, 9.17) is 17.0 Å². The molecule has 0 atom stereocenters. The van der Waals surface area contributed by atoms with Crippen molar-refractivity contribution < 1.29 is 4.74 Å². The number of aryl methyl sites for hydroxylation is 2. The van der Waals surface area contributed by atoms with Crippen LogP contribution in [0.3, 0.4) is 0 Å². The SMILES string of the molecule is COc1ccc(N2CCN(Cn3c(C)cc(C)c(C#N)c3=S)CC2)cc1. The second-order valence-corrected chi connectivity index (χ2v) is 7.02. The molecule has 3 rings (SSSR count). The first-order chi connectivity index (χ1) is 12.5. The van der Waals surface area contributed by atoms with Gasteiger partial charge < -0.3 is 14.2 Å². The maximum atomic E-state index is 9.36. The summed E-state index contributed by atoms with van der Waals surface area (Å²) in [5.41, 5.74) is 3.89. The van der Waals surface area contributed by atoms with Crippen molar-refractivity contribution in [2.24, 2.45) is 0 Å². The van der Waals surface area contributed by atoms with E-state index in [0.717, 1.165) is 49.9 Å². The van der Waals surface area contributed by atoms with E-state index in [1.165, 1.54) is 5.69 Å². The molecule has 6 heteroatoms. The van der Waals surface area contributed by atoms with Gasteiger partial charge >= 0.3 is 0 Å². The molecule has 0 bridgehead atoms. The third kappa shape index (κ3) is 3.74. The van der Waals surface area contributed by atoms with E-state index in [9.17, 15) is 5.26 Å². The van der Waals surface area contributed by atoms with Crippen molar-refractivity contribution in [1.82, 2.24) is 9.47 Å². The first kappa shape index (κ1) is 18.4. The molecule has 0 N–H and O–H groups in total. The zero-order valence-electron chi connectivity index (χ0n) is 15.5. The van der Waals surface area contributed by atoms with Crippen LogP contribution in [0.2, 0.25) is 0 Å². The van der Waals surface area contributed by atoms with Gasteiger partial charge in [0.05, 0.1) is 19.3 Å². The number of piperazine rings is 1. The van der Waals surface area contributed by atoms with Crippen LogP contribution in [-0.4, -0.2) is 42.8 Å². The van der Waals surface area contributed by atoms with Gasteiger partial charge in [-0.3, -0.25) is 4.90 Å². The number of nitriles is 1. The molecule has 0 spiro atoms. The fourth-order valence-corrected chi connectivity index (χ4v) is 3.79. The number of pyridine rings is 1. The van der Waals surface area contributed by atoms with E-state index in [2.05, 4.69) is 39.5 Å². The average molecular weight is 369 g/mol. The Morgan fingerprint density at radius 1 is 1.12 bits per heavy atom. The van der Waals surface area contributed by atoms with Crippen LogP contribution < -0.4 is 9.64 Å². The van der Waals surface area contributed by atoms with Crippen molar-refractivity contribution >= 4 is 17.9 Å². The number of anilines is 1. The summed E-state index contributed by atoms with van der Waals surface area (Å²) in [5.74, 6) is 0.880. The lowest BCUT2D eigenvalue weighted by molar-refractivity contribution is 0.203. The summed E-state index contributed by atoms with van der Waals surface area (Å²) in [6.07, 6.45) is 0. The number of aromatic nitrogens is 1. The van der Waals surface area contributed by atoms with Gasteiger partial charge in [-0.2, -0.15) is 5.26 Å². The number of hydrogen-bond donors (Lipinski definition) is 0. The van der Waals surface area contributed by atoms with Crippen molar-refractivity contribution in [2.75, 3.05) is 38.2 Å². The zero-order valence-corrected chi connectivity index (χ0v) is 16.3. The van der Waals surface area contributed by atoms with Gasteiger partial charge in [-0.05, 0) is 49.7 Å². The molecule has 2 aromatic rings. The Balaban J connectivity index is 1.68. The largest absolute Gasteiger partial charge is 0.497 e. The first-order valence-electron chi connectivity index (χ1n) is 8.76. The van der Waals surface area contributed by atoms with Crippen molar-refractivity contribution in [3.8, 4) is 11.8 Å². The summed E-state index contributed by atoms with van der Waals surface area (Å²) in [5, 5.41) is 9.36. The number of ether oxygens (including phenoxy) is 1. The molecule has 0 amide bonds. The second kappa shape index (κ2) is 7.90. The first-order valence-corrected chi connectivity index (χ1v) is 9.17. The van der Waals surface area contributed by atoms with E-state index in [1.54, 1.807) is 7.11 Å². The Morgan fingerprint density at radius 2 is 1.77 bits per heavy atom. The molecule has 1 aromatic carbocycles. The summed E-state index contributed by atoms with van der Waals surface area (Å²) < 4.78 is 7.94. The van der Waals surface area contributed by atoms with E-state index in [-0.39, 0.29) is 0 Å². The molecule has 26 heavy (non-hydrogen) atoms. The molecule has 136 valence electrons. The van der Waals surface area contributed by atoms with Gasteiger partial charge in [-0.15, -0.1) is 0 Å². The Bertz CT molecular complexity index is 874. The van der Waals surface area contributed by atoms with Gasteiger partial charge in [0.15, 0.2) is 0 Å².